The number of rotatable bonds is 3. The number of benzene rings is 2. The quantitative estimate of drug-likeness (QED) is 0.516. The fraction of sp³-hybridized carbons (Fsp3) is 0.0588. The van der Waals surface area contributed by atoms with Gasteiger partial charge in [-0.2, -0.15) is 0 Å². The number of nitrogens with one attached hydrogen (secondary N) is 3. The van der Waals surface area contributed by atoms with E-state index in [4.69, 9.17) is 35.4 Å². The molecule has 138 valence electrons. The molecule has 3 rings (SSSR count). The molecule has 6 nitrogen and oxygen atoms in total. The van der Waals surface area contributed by atoms with Gasteiger partial charge in [0, 0.05) is 18.2 Å². The van der Waals surface area contributed by atoms with Crippen LogP contribution in [-0.4, -0.2) is 21.9 Å². The van der Waals surface area contributed by atoms with Crippen LogP contribution in [0.3, 0.4) is 0 Å². The summed E-state index contributed by atoms with van der Waals surface area (Å²) in [5.74, 6) is -0.566. The standard InChI is InChI=1S/C17H12Cl2N4O2S2/c1-8(24)20-10-3-5-13-14(7-10)27-17(21-13)23-16(26)22-15(25)9-2-4-11(18)12(19)6-9/h2-7H,1H3,(H,20,24)(H2,21,22,23,25,26). The van der Waals surface area contributed by atoms with Gasteiger partial charge in [-0.1, -0.05) is 34.5 Å². The summed E-state index contributed by atoms with van der Waals surface area (Å²) in [4.78, 5) is 27.8. The van der Waals surface area contributed by atoms with E-state index < -0.39 is 5.91 Å². The number of aromatic nitrogens is 1. The third-order valence-corrected chi connectivity index (χ3v) is 5.21. The van der Waals surface area contributed by atoms with Gasteiger partial charge in [0.15, 0.2) is 10.2 Å². The maximum absolute atomic E-state index is 12.2. The Morgan fingerprint density at radius 3 is 2.56 bits per heavy atom. The van der Waals surface area contributed by atoms with E-state index in [2.05, 4.69) is 20.9 Å². The summed E-state index contributed by atoms with van der Waals surface area (Å²) in [6, 6.07) is 9.92. The number of carbonyl (C=O) groups excluding carboxylic acids is 2. The Balaban J connectivity index is 1.68. The van der Waals surface area contributed by atoms with E-state index in [0.717, 1.165) is 10.2 Å². The topological polar surface area (TPSA) is 83.1 Å². The third kappa shape index (κ3) is 4.92. The number of fused-ring (bicyclic) bond motifs is 1. The summed E-state index contributed by atoms with van der Waals surface area (Å²) < 4.78 is 0.863. The molecule has 0 bridgehead atoms. The molecule has 3 aromatic rings. The van der Waals surface area contributed by atoms with Crippen molar-refractivity contribution in [3.63, 3.8) is 0 Å². The van der Waals surface area contributed by atoms with Gasteiger partial charge in [0.25, 0.3) is 5.91 Å². The fourth-order valence-electron chi connectivity index (χ4n) is 2.20. The normalized spacial score (nSPS) is 10.5. The second kappa shape index (κ2) is 8.18. The van der Waals surface area contributed by atoms with Crippen molar-refractivity contribution < 1.29 is 9.59 Å². The number of halogens is 2. The first-order valence-corrected chi connectivity index (χ1v) is 9.55. The maximum Gasteiger partial charge on any atom is 0.257 e. The molecule has 1 aromatic heterocycles. The largest absolute Gasteiger partial charge is 0.326 e. The molecule has 10 heteroatoms. The molecule has 0 fully saturated rings. The maximum atomic E-state index is 12.2. The van der Waals surface area contributed by atoms with Crippen LogP contribution in [0.25, 0.3) is 10.2 Å². The Hall–Kier alpha value is -2.26. The molecule has 3 N–H and O–H groups in total. The lowest BCUT2D eigenvalue weighted by Gasteiger charge is -2.07. The number of amides is 2. The molecule has 2 amide bonds. The van der Waals surface area contributed by atoms with Gasteiger partial charge in [-0.25, -0.2) is 4.98 Å². The Bertz CT molecular complexity index is 1070. The predicted octanol–water partition coefficient (Wildman–Crippen LogP) is 4.69. The molecular formula is C17H12Cl2N4O2S2. The van der Waals surface area contributed by atoms with Crippen LogP contribution in [0.2, 0.25) is 10.0 Å². The zero-order valence-corrected chi connectivity index (χ0v) is 16.9. The highest BCUT2D eigenvalue weighted by molar-refractivity contribution is 7.80. The van der Waals surface area contributed by atoms with Crippen molar-refractivity contribution in [3.8, 4) is 0 Å². The number of hydrogen-bond acceptors (Lipinski definition) is 5. The summed E-state index contributed by atoms with van der Waals surface area (Å²) >= 11 is 18.3. The van der Waals surface area contributed by atoms with Crippen molar-refractivity contribution in [3.05, 3.63) is 52.0 Å². The first-order chi connectivity index (χ1) is 12.8. The minimum Gasteiger partial charge on any atom is -0.326 e. The zero-order chi connectivity index (χ0) is 19.6. The van der Waals surface area contributed by atoms with Gasteiger partial charge in [0.2, 0.25) is 5.91 Å². The summed E-state index contributed by atoms with van der Waals surface area (Å²) in [6.07, 6.45) is 0. The molecule has 0 atom stereocenters. The molecule has 0 radical (unpaired) electrons. The summed E-state index contributed by atoms with van der Waals surface area (Å²) in [5, 5.41) is 9.42. The molecule has 0 unspecified atom stereocenters. The van der Waals surface area contributed by atoms with E-state index in [1.807, 2.05) is 6.07 Å². The Kier molecular flexibility index (Phi) is 5.91. The van der Waals surface area contributed by atoms with Crippen molar-refractivity contribution in [2.75, 3.05) is 10.6 Å². The second-order valence-electron chi connectivity index (χ2n) is 5.42. The molecule has 27 heavy (non-hydrogen) atoms. The van der Waals surface area contributed by atoms with E-state index in [9.17, 15) is 9.59 Å². The van der Waals surface area contributed by atoms with Crippen LogP contribution in [0.4, 0.5) is 10.8 Å². The Labute approximate surface area is 173 Å². The van der Waals surface area contributed by atoms with E-state index in [1.54, 1.807) is 18.2 Å². The SMILES string of the molecule is CC(=O)Nc1ccc2nc(NC(=S)NC(=O)c3ccc(Cl)c(Cl)c3)sc2c1. The van der Waals surface area contributed by atoms with Crippen LogP contribution in [0.5, 0.6) is 0 Å². The van der Waals surface area contributed by atoms with Crippen molar-refractivity contribution in [2.24, 2.45) is 0 Å². The van der Waals surface area contributed by atoms with E-state index in [0.29, 0.717) is 21.4 Å². The Morgan fingerprint density at radius 1 is 1.07 bits per heavy atom. The molecule has 2 aromatic carbocycles. The lowest BCUT2D eigenvalue weighted by atomic mass is 10.2. The lowest BCUT2D eigenvalue weighted by Crippen LogP contribution is -2.34. The van der Waals surface area contributed by atoms with Gasteiger partial charge in [-0.15, -0.1) is 0 Å². The van der Waals surface area contributed by atoms with Gasteiger partial charge in [0.1, 0.15) is 0 Å². The van der Waals surface area contributed by atoms with Crippen LogP contribution in [-0.2, 0) is 4.79 Å². The monoisotopic (exact) mass is 438 g/mol. The highest BCUT2D eigenvalue weighted by atomic mass is 35.5. The first-order valence-electron chi connectivity index (χ1n) is 7.57. The average molecular weight is 439 g/mol. The van der Waals surface area contributed by atoms with Crippen molar-refractivity contribution >= 4 is 84.7 Å². The summed E-state index contributed by atoms with van der Waals surface area (Å²) in [7, 11) is 0. The molecule has 0 spiro atoms. The van der Waals surface area contributed by atoms with Crippen LogP contribution >= 0.6 is 46.8 Å². The second-order valence-corrected chi connectivity index (χ2v) is 7.67. The number of nitrogens with zero attached hydrogens (tertiary/aromatic N) is 1. The van der Waals surface area contributed by atoms with Crippen molar-refractivity contribution in [2.45, 2.75) is 6.92 Å². The van der Waals surface area contributed by atoms with E-state index >= 15 is 0 Å². The van der Waals surface area contributed by atoms with Gasteiger partial charge < -0.3 is 10.6 Å². The number of thiazole rings is 1. The zero-order valence-electron chi connectivity index (χ0n) is 13.8. The molecule has 0 aliphatic heterocycles. The predicted molar refractivity (Wildman–Crippen MR) is 114 cm³/mol. The van der Waals surface area contributed by atoms with Crippen LogP contribution < -0.4 is 16.0 Å². The minimum atomic E-state index is -0.417. The molecule has 0 saturated carbocycles. The fourth-order valence-corrected chi connectivity index (χ4v) is 3.66. The highest BCUT2D eigenvalue weighted by Crippen LogP contribution is 2.28. The van der Waals surface area contributed by atoms with Crippen molar-refractivity contribution in [1.29, 1.82) is 0 Å². The molecule has 0 aliphatic carbocycles. The summed E-state index contributed by atoms with van der Waals surface area (Å²) in [6.45, 7) is 1.44. The number of thiocarbonyl (C=S) groups is 1. The number of hydrogen-bond donors (Lipinski definition) is 3. The molecule has 0 aliphatic rings. The highest BCUT2D eigenvalue weighted by Gasteiger charge is 2.12. The van der Waals surface area contributed by atoms with E-state index in [-0.39, 0.29) is 16.0 Å². The molecule has 0 saturated heterocycles. The van der Waals surface area contributed by atoms with Gasteiger partial charge >= 0.3 is 0 Å². The van der Waals surface area contributed by atoms with Gasteiger partial charge in [-0.3, -0.25) is 14.9 Å². The van der Waals surface area contributed by atoms with Crippen LogP contribution in [0, 0.1) is 0 Å². The van der Waals surface area contributed by atoms with E-state index in [1.165, 1.54) is 30.4 Å². The summed E-state index contributed by atoms with van der Waals surface area (Å²) in [5.41, 5.74) is 1.76. The van der Waals surface area contributed by atoms with Crippen LogP contribution in [0.15, 0.2) is 36.4 Å². The molecular weight excluding hydrogens is 427 g/mol. The van der Waals surface area contributed by atoms with Gasteiger partial charge in [0.05, 0.1) is 20.3 Å². The molecule has 1 heterocycles. The lowest BCUT2D eigenvalue weighted by molar-refractivity contribution is -0.114. The number of carbonyl (C=O) groups is 2. The van der Waals surface area contributed by atoms with Gasteiger partial charge in [-0.05, 0) is 48.6 Å². The minimum absolute atomic E-state index is 0.104. The average Bonchev–Trinajstić information content (AvgIpc) is 2.97. The number of anilines is 2. The third-order valence-electron chi connectivity index (χ3n) is 3.34. The van der Waals surface area contributed by atoms with Crippen LogP contribution in [0.1, 0.15) is 17.3 Å². The Morgan fingerprint density at radius 2 is 1.85 bits per heavy atom. The smallest absolute Gasteiger partial charge is 0.257 e. The van der Waals surface area contributed by atoms with Crippen molar-refractivity contribution in [1.82, 2.24) is 10.3 Å². The first kappa shape index (κ1) is 19.5.